The van der Waals surface area contributed by atoms with Crippen molar-refractivity contribution in [2.24, 2.45) is 5.92 Å². The lowest BCUT2D eigenvalue weighted by molar-refractivity contribution is -0.132. The van der Waals surface area contributed by atoms with Gasteiger partial charge in [0.05, 0.1) is 12.6 Å². The second-order valence-corrected chi connectivity index (χ2v) is 9.97. The molecule has 2 aromatic rings. The normalized spacial score (nSPS) is 11.9. The fourth-order valence-electron chi connectivity index (χ4n) is 3.77. The molecule has 178 valence electrons. The third-order valence-corrected chi connectivity index (χ3v) is 5.82. The lowest BCUT2D eigenvalue weighted by atomic mass is 9.87. The average molecular weight is 445 g/mol. The van der Waals surface area contributed by atoms with Crippen molar-refractivity contribution in [1.29, 1.82) is 0 Å². The van der Waals surface area contributed by atoms with E-state index in [1.165, 1.54) is 0 Å². The number of fused-ring (bicyclic) bond motifs is 1. The Balaban J connectivity index is 2.44. The summed E-state index contributed by atoms with van der Waals surface area (Å²) in [7, 11) is 1.60. The topological polar surface area (TPSA) is 71.8 Å². The van der Waals surface area contributed by atoms with Gasteiger partial charge in [0.1, 0.15) is 12.3 Å². The summed E-state index contributed by atoms with van der Waals surface area (Å²) in [5.41, 5.74) is 0.938. The molecule has 1 amide bonds. The number of aliphatic hydroxyl groups is 1. The van der Waals surface area contributed by atoms with Gasteiger partial charge in [0.2, 0.25) is 5.91 Å². The van der Waals surface area contributed by atoms with Crippen LogP contribution in [0.15, 0.2) is 29.1 Å². The van der Waals surface area contributed by atoms with Gasteiger partial charge < -0.3 is 14.7 Å². The summed E-state index contributed by atoms with van der Waals surface area (Å²) in [6.07, 6.45) is 3.37. The van der Waals surface area contributed by atoms with Crippen molar-refractivity contribution < 1.29 is 14.6 Å². The van der Waals surface area contributed by atoms with E-state index in [1.807, 2.05) is 49.9 Å². The van der Waals surface area contributed by atoms with Gasteiger partial charge in [0.15, 0.2) is 0 Å². The number of hydrogen-bond acceptors (Lipinski definition) is 4. The smallest absolute Gasteiger partial charge is 0.255 e. The first kappa shape index (κ1) is 25.9. The molecule has 0 aliphatic carbocycles. The third kappa shape index (κ3) is 6.83. The van der Waals surface area contributed by atoms with Crippen molar-refractivity contribution in [3.8, 4) is 5.75 Å². The second-order valence-electron chi connectivity index (χ2n) is 9.97. The maximum atomic E-state index is 13.5. The number of aliphatic hydroxyl groups excluding tert-OH is 1. The Labute approximate surface area is 192 Å². The predicted molar refractivity (Wildman–Crippen MR) is 130 cm³/mol. The van der Waals surface area contributed by atoms with Gasteiger partial charge in [-0.05, 0) is 60.6 Å². The predicted octanol–water partition coefficient (Wildman–Crippen LogP) is 4.34. The van der Waals surface area contributed by atoms with Gasteiger partial charge in [0, 0.05) is 31.3 Å². The van der Waals surface area contributed by atoms with Gasteiger partial charge in [-0.25, -0.2) is 0 Å². The molecular weight excluding hydrogens is 404 g/mol. The lowest BCUT2D eigenvalue weighted by Gasteiger charge is -2.26. The number of aromatic nitrogens is 1. The zero-order chi connectivity index (χ0) is 23.9. The number of ether oxygens (including phenoxy) is 1. The molecule has 1 N–H and O–H groups in total. The summed E-state index contributed by atoms with van der Waals surface area (Å²) in [6, 6.07) is 7.58. The molecule has 0 bridgehead atoms. The Kier molecular flexibility index (Phi) is 9.32. The standard InChI is InChI=1S/C26H40N2O4/c1-19(2)12-14-27(13-8-7-9-15-29)24(30)18-28-23-17-21(32-6)11-10-20(23)16-22(25(28)31)26(3,4)5/h10-11,16-17,19,29H,7-9,12-15,18H2,1-6H3. The first-order valence-electron chi connectivity index (χ1n) is 11.7. The van der Waals surface area contributed by atoms with Crippen molar-refractivity contribution >= 4 is 16.8 Å². The fraction of sp³-hybridized carbons (Fsp3) is 0.615. The molecule has 1 heterocycles. The number of carbonyl (C=O) groups excluding carboxylic acids is 1. The monoisotopic (exact) mass is 444 g/mol. The van der Waals surface area contributed by atoms with Crippen LogP contribution in [0.1, 0.15) is 65.9 Å². The molecule has 2 rings (SSSR count). The number of methoxy groups -OCH3 is 1. The van der Waals surface area contributed by atoms with E-state index < -0.39 is 0 Å². The minimum atomic E-state index is -0.336. The largest absolute Gasteiger partial charge is 0.497 e. The SMILES string of the molecule is COc1ccc2cc(C(C)(C)C)c(=O)n(CC(=O)N(CCCCCO)CCC(C)C)c2c1. The number of hydrogen-bond donors (Lipinski definition) is 1. The zero-order valence-electron chi connectivity index (χ0n) is 20.6. The molecule has 0 aliphatic rings. The van der Waals surface area contributed by atoms with E-state index in [4.69, 9.17) is 9.84 Å². The molecule has 0 radical (unpaired) electrons. The van der Waals surface area contributed by atoms with Crippen LogP contribution in [0.5, 0.6) is 5.75 Å². The van der Waals surface area contributed by atoms with Crippen molar-refractivity contribution in [2.75, 3.05) is 26.8 Å². The van der Waals surface area contributed by atoms with E-state index in [0.717, 1.165) is 31.1 Å². The van der Waals surface area contributed by atoms with Gasteiger partial charge in [0.25, 0.3) is 5.56 Å². The molecule has 0 atom stereocenters. The van der Waals surface area contributed by atoms with Crippen LogP contribution in [-0.2, 0) is 16.8 Å². The minimum absolute atomic E-state index is 0.00448. The molecule has 6 heteroatoms. The van der Waals surface area contributed by atoms with E-state index in [2.05, 4.69) is 13.8 Å². The minimum Gasteiger partial charge on any atom is -0.497 e. The van der Waals surface area contributed by atoms with E-state index in [9.17, 15) is 9.59 Å². The lowest BCUT2D eigenvalue weighted by Crippen LogP contribution is -2.39. The number of pyridine rings is 1. The van der Waals surface area contributed by atoms with Gasteiger partial charge in [-0.2, -0.15) is 0 Å². The summed E-state index contributed by atoms with van der Waals surface area (Å²) in [5.74, 6) is 1.09. The van der Waals surface area contributed by atoms with Crippen LogP contribution in [0.25, 0.3) is 10.9 Å². The Morgan fingerprint density at radius 1 is 1.12 bits per heavy atom. The molecule has 6 nitrogen and oxygen atoms in total. The van der Waals surface area contributed by atoms with E-state index >= 15 is 0 Å². The zero-order valence-corrected chi connectivity index (χ0v) is 20.6. The highest BCUT2D eigenvalue weighted by Gasteiger charge is 2.23. The Bertz CT molecular complexity index is 957. The molecule has 1 aromatic carbocycles. The molecule has 0 unspecified atom stereocenters. The number of rotatable bonds is 11. The highest BCUT2D eigenvalue weighted by Crippen LogP contribution is 2.26. The van der Waals surface area contributed by atoms with Crippen LogP contribution in [0.2, 0.25) is 0 Å². The van der Waals surface area contributed by atoms with Crippen molar-refractivity contribution in [3.05, 3.63) is 40.2 Å². The maximum absolute atomic E-state index is 13.5. The average Bonchev–Trinajstić information content (AvgIpc) is 2.73. The Morgan fingerprint density at radius 2 is 1.84 bits per heavy atom. The summed E-state index contributed by atoms with van der Waals surface area (Å²) >= 11 is 0. The maximum Gasteiger partial charge on any atom is 0.255 e. The van der Waals surface area contributed by atoms with E-state index in [1.54, 1.807) is 11.7 Å². The number of carbonyl (C=O) groups is 1. The number of unbranched alkanes of at least 4 members (excludes halogenated alkanes) is 2. The van der Waals surface area contributed by atoms with Crippen LogP contribution in [0.3, 0.4) is 0 Å². The molecule has 1 aromatic heterocycles. The first-order chi connectivity index (χ1) is 15.1. The third-order valence-electron chi connectivity index (χ3n) is 5.82. The van der Waals surface area contributed by atoms with Gasteiger partial charge in [-0.15, -0.1) is 0 Å². The van der Waals surface area contributed by atoms with Crippen LogP contribution >= 0.6 is 0 Å². The van der Waals surface area contributed by atoms with Crippen molar-refractivity contribution in [3.63, 3.8) is 0 Å². The Hall–Kier alpha value is -2.34. The second kappa shape index (κ2) is 11.5. The summed E-state index contributed by atoms with van der Waals surface area (Å²) in [6.45, 7) is 11.8. The molecule has 0 aliphatic heterocycles. The number of benzene rings is 1. The van der Waals surface area contributed by atoms with E-state index in [0.29, 0.717) is 35.8 Å². The molecule has 0 spiro atoms. The van der Waals surface area contributed by atoms with E-state index in [-0.39, 0.29) is 30.0 Å². The number of nitrogens with zero attached hydrogens (tertiary/aromatic N) is 2. The molecule has 0 fully saturated rings. The molecule has 0 saturated heterocycles. The van der Waals surface area contributed by atoms with Crippen molar-refractivity contribution in [2.45, 2.75) is 72.3 Å². The van der Waals surface area contributed by atoms with Crippen LogP contribution in [-0.4, -0.2) is 47.3 Å². The van der Waals surface area contributed by atoms with Crippen molar-refractivity contribution in [1.82, 2.24) is 9.47 Å². The van der Waals surface area contributed by atoms with Gasteiger partial charge >= 0.3 is 0 Å². The van der Waals surface area contributed by atoms with Gasteiger partial charge in [-0.3, -0.25) is 14.2 Å². The molecule has 32 heavy (non-hydrogen) atoms. The number of amides is 1. The first-order valence-corrected chi connectivity index (χ1v) is 11.7. The highest BCUT2D eigenvalue weighted by atomic mass is 16.5. The summed E-state index contributed by atoms with van der Waals surface area (Å²) in [4.78, 5) is 28.7. The Morgan fingerprint density at radius 3 is 2.44 bits per heavy atom. The van der Waals surface area contributed by atoms with Crippen LogP contribution in [0.4, 0.5) is 0 Å². The fourth-order valence-corrected chi connectivity index (χ4v) is 3.77. The van der Waals surface area contributed by atoms with Gasteiger partial charge in [-0.1, -0.05) is 34.6 Å². The van der Waals surface area contributed by atoms with Crippen LogP contribution in [0, 0.1) is 5.92 Å². The quantitative estimate of drug-likeness (QED) is 0.523. The molecule has 0 saturated carbocycles. The van der Waals surface area contributed by atoms with Crippen LogP contribution < -0.4 is 10.3 Å². The molecular formula is C26H40N2O4. The summed E-state index contributed by atoms with van der Waals surface area (Å²) < 4.78 is 6.98. The highest BCUT2D eigenvalue weighted by molar-refractivity contribution is 5.84. The summed E-state index contributed by atoms with van der Waals surface area (Å²) in [5, 5.41) is 9.96.